The molecule has 3 rings (SSSR count). The van der Waals surface area contributed by atoms with Gasteiger partial charge in [0, 0.05) is 12.6 Å². The second kappa shape index (κ2) is 4.80. The third-order valence-corrected chi connectivity index (χ3v) is 3.29. The Morgan fingerprint density at radius 2 is 2.28 bits per heavy atom. The van der Waals surface area contributed by atoms with Gasteiger partial charge in [-0.05, 0) is 25.7 Å². The van der Waals surface area contributed by atoms with E-state index in [0.29, 0.717) is 12.0 Å². The minimum Gasteiger partial charge on any atom is -0.367 e. The maximum atomic E-state index is 4.54. The fourth-order valence-corrected chi connectivity index (χ4v) is 2.01. The summed E-state index contributed by atoms with van der Waals surface area (Å²) in [6, 6.07) is 0.553. The Labute approximate surface area is 106 Å². The number of nitrogens with one attached hydrogen (secondary N) is 3. The zero-order valence-corrected chi connectivity index (χ0v) is 10.5. The summed E-state index contributed by atoms with van der Waals surface area (Å²) >= 11 is 0. The van der Waals surface area contributed by atoms with Gasteiger partial charge in [0.05, 0.1) is 11.6 Å². The molecule has 0 saturated heterocycles. The first-order valence-electron chi connectivity index (χ1n) is 6.58. The van der Waals surface area contributed by atoms with Crippen LogP contribution in [0.5, 0.6) is 0 Å². The first-order valence-corrected chi connectivity index (χ1v) is 6.58. The molecule has 0 aliphatic heterocycles. The van der Waals surface area contributed by atoms with E-state index in [9.17, 15) is 0 Å². The van der Waals surface area contributed by atoms with Crippen molar-refractivity contribution in [3.63, 3.8) is 0 Å². The first-order chi connectivity index (χ1) is 8.86. The van der Waals surface area contributed by atoms with Crippen molar-refractivity contribution >= 4 is 22.8 Å². The van der Waals surface area contributed by atoms with Crippen molar-refractivity contribution in [2.24, 2.45) is 0 Å². The second-order valence-corrected chi connectivity index (χ2v) is 4.73. The molecule has 1 aliphatic carbocycles. The van der Waals surface area contributed by atoms with Gasteiger partial charge >= 0.3 is 0 Å². The van der Waals surface area contributed by atoms with Crippen molar-refractivity contribution in [1.29, 1.82) is 0 Å². The summed E-state index contributed by atoms with van der Waals surface area (Å²) in [4.78, 5) is 8.94. The predicted octanol–water partition coefficient (Wildman–Crippen LogP) is 2.14. The molecule has 96 valence electrons. The molecule has 1 aliphatic rings. The van der Waals surface area contributed by atoms with E-state index in [1.165, 1.54) is 19.3 Å². The maximum Gasteiger partial charge on any atom is 0.226 e. The van der Waals surface area contributed by atoms with Gasteiger partial charge in [0.1, 0.15) is 5.82 Å². The number of fused-ring (bicyclic) bond motifs is 1. The molecule has 0 aromatic carbocycles. The van der Waals surface area contributed by atoms with Crippen molar-refractivity contribution in [2.75, 3.05) is 17.2 Å². The van der Waals surface area contributed by atoms with Gasteiger partial charge < -0.3 is 10.6 Å². The molecule has 1 fully saturated rings. The minimum atomic E-state index is 0.553. The fourth-order valence-electron chi connectivity index (χ4n) is 2.01. The van der Waals surface area contributed by atoms with Crippen LogP contribution in [-0.4, -0.2) is 32.8 Å². The number of hydrogen-bond donors (Lipinski definition) is 3. The average molecular weight is 246 g/mol. The van der Waals surface area contributed by atoms with Crippen LogP contribution in [0.1, 0.15) is 32.6 Å². The van der Waals surface area contributed by atoms with Gasteiger partial charge in [-0.3, -0.25) is 5.10 Å². The average Bonchev–Trinajstić information content (AvgIpc) is 2.79. The third-order valence-electron chi connectivity index (χ3n) is 3.29. The van der Waals surface area contributed by atoms with Gasteiger partial charge in [0.15, 0.2) is 5.65 Å². The van der Waals surface area contributed by atoms with E-state index in [1.54, 1.807) is 6.20 Å². The van der Waals surface area contributed by atoms with Crippen LogP contribution in [0.25, 0.3) is 11.0 Å². The van der Waals surface area contributed by atoms with E-state index < -0.39 is 0 Å². The van der Waals surface area contributed by atoms with Gasteiger partial charge in [-0.1, -0.05) is 6.92 Å². The number of nitrogens with zero attached hydrogens (tertiary/aromatic N) is 3. The van der Waals surface area contributed by atoms with E-state index in [0.717, 1.165) is 29.8 Å². The molecule has 3 N–H and O–H groups in total. The summed E-state index contributed by atoms with van der Waals surface area (Å²) < 4.78 is 0. The quantitative estimate of drug-likeness (QED) is 0.753. The molecule has 6 heteroatoms. The van der Waals surface area contributed by atoms with Crippen LogP contribution in [0.2, 0.25) is 0 Å². The number of aromatic amines is 1. The van der Waals surface area contributed by atoms with Crippen LogP contribution in [0.4, 0.5) is 11.8 Å². The lowest BCUT2D eigenvalue weighted by atomic mass is 9.93. The lowest BCUT2D eigenvalue weighted by molar-refractivity contribution is 0.445. The highest BCUT2D eigenvalue weighted by atomic mass is 15.2. The molecule has 0 radical (unpaired) electrons. The van der Waals surface area contributed by atoms with E-state index in [2.05, 4.69) is 37.7 Å². The van der Waals surface area contributed by atoms with Crippen LogP contribution in [-0.2, 0) is 0 Å². The normalized spacial score (nSPS) is 15.6. The van der Waals surface area contributed by atoms with Gasteiger partial charge in [-0.15, -0.1) is 0 Å². The molecule has 6 nitrogen and oxygen atoms in total. The maximum absolute atomic E-state index is 4.54. The number of aromatic nitrogens is 4. The Morgan fingerprint density at radius 1 is 1.39 bits per heavy atom. The van der Waals surface area contributed by atoms with Gasteiger partial charge in [0.25, 0.3) is 0 Å². The summed E-state index contributed by atoms with van der Waals surface area (Å²) in [6.45, 7) is 3.00. The van der Waals surface area contributed by atoms with Crippen molar-refractivity contribution in [1.82, 2.24) is 20.2 Å². The zero-order valence-electron chi connectivity index (χ0n) is 10.5. The number of hydrogen-bond acceptors (Lipinski definition) is 5. The van der Waals surface area contributed by atoms with E-state index in [4.69, 9.17) is 0 Å². The Kier molecular flexibility index (Phi) is 3.00. The molecule has 2 aromatic heterocycles. The summed E-state index contributed by atoms with van der Waals surface area (Å²) in [7, 11) is 0. The first kappa shape index (κ1) is 11.3. The Balaban J connectivity index is 1.89. The van der Waals surface area contributed by atoms with Gasteiger partial charge in [-0.25, -0.2) is 0 Å². The summed E-state index contributed by atoms with van der Waals surface area (Å²) in [6.07, 6.45) is 6.58. The molecule has 2 aromatic rings. The van der Waals surface area contributed by atoms with Gasteiger partial charge in [0.2, 0.25) is 5.95 Å². The summed E-state index contributed by atoms with van der Waals surface area (Å²) in [5, 5.41) is 14.6. The van der Waals surface area contributed by atoms with Gasteiger partial charge in [-0.2, -0.15) is 15.1 Å². The minimum absolute atomic E-state index is 0.553. The zero-order chi connectivity index (χ0) is 12.4. The van der Waals surface area contributed by atoms with Crippen molar-refractivity contribution in [3.8, 4) is 0 Å². The standard InChI is InChI=1S/C12H18N6/c1-2-6-13-12-16-10(15-8-4-3-5-8)9-7-14-18-11(9)17-12/h7-8H,2-6H2,1H3,(H3,13,14,15,16,17,18). The number of rotatable bonds is 5. The van der Waals surface area contributed by atoms with E-state index >= 15 is 0 Å². The highest BCUT2D eigenvalue weighted by molar-refractivity contribution is 5.87. The third kappa shape index (κ3) is 2.10. The van der Waals surface area contributed by atoms with Crippen molar-refractivity contribution in [3.05, 3.63) is 6.20 Å². The Hall–Kier alpha value is -1.85. The summed E-state index contributed by atoms with van der Waals surface area (Å²) in [5.74, 6) is 1.55. The van der Waals surface area contributed by atoms with Crippen LogP contribution in [0.3, 0.4) is 0 Å². The van der Waals surface area contributed by atoms with Crippen LogP contribution in [0, 0.1) is 0 Å². The molecule has 1 saturated carbocycles. The molecular formula is C12H18N6. The topological polar surface area (TPSA) is 78.5 Å². The second-order valence-electron chi connectivity index (χ2n) is 4.73. The van der Waals surface area contributed by atoms with Crippen LogP contribution in [0.15, 0.2) is 6.20 Å². The number of anilines is 2. The van der Waals surface area contributed by atoms with E-state index in [1.807, 2.05) is 0 Å². The molecule has 0 spiro atoms. The fraction of sp³-hybridized carbons (Fsp3) is 0.583. The lowest BCUT2D eigenvalue weighted by Crippen LogP contribution is -2.27. The molecule has 18 heavy (non-hydrogen) atoms. The highest BCUT2D eigenvalue weighted by Gasteiger charge is 2.19. The number of H-pyrrole nitrogens is 1. The molecule has 0 unspecified atom stereocenters. The molecule has 0 bridgehead atoms. The van der Waals surface area contributed by atoms with Crippen LogP contribution < -0.4 is 10.6 Å². The smallest absolute Gasteiger partial charge is 0.226 e. The highest BCUT2D eigenvalue weighted by Crippen LogP contribution is 2.26. The SMILES string of the molecule is CCCNc1nc(NC2CCC2)c2cn[nH]c2n1. The van der Waals surface area contributed by atoms with Crippen LogP contribution >= 0.6 is 0 Å². The monoisotopic (exact) mass is 246 g/mol. The molecule has 2 heterocycles. The molecule has 0 amide bonds. The molecule has 0 atom stereocenters. The largest absolute Gasteiger partial charge is 0.367 e. The van der Waals surface area contributed by atoms with Crippen molar-refractivity contribution < 1.29 is 0 Å². The Morgan fingerprint density at radius 3 is 3.00 bits per heavy atom. The Bertz CT molecular complexity index is 530. The van der Waals surface area contributed by atoms with Crippen molar-refractivity contribution in [2.45, 2.75) is 38.6 Å². The lowest BCUT2D eigenvalue weighted by Gasteiger charge is -2.27. The van der Waals surface area contributed by atoms with E-state index in [-0.39, 0.29) is 0 Å². The summed E-state index contributed by atoms with van der Waals surface area (Å²) in [5.41, 5.74) is 0.783. The molecular weight excluding hydrogens is 228 g/mol. The predicted molar refractivity (Wildman–Crippen MR) is 71.7 cm³/mol.